The molecule has 0 saturated carbocycles. The maximum absolute atomic E-state index is 12.1. The lowest BCUT2D eigenvalue weighted by atomic mass is 10.1. The zero-order chi connectivity index (χ0) is 10.8. The molecule has 0 radical (unpaired) electrons. The van der Waals surface area contributed by atoms with Gasteiger partial charge in [0.2, 0.25) is 0 Å². The predicted molar refractivity (Wildman–Crippen MR) is 46.7 cm³/mol. The summed E-state index contributed by atoms with van der Waals surface area (Å²) in [5, 5.41) is 0. The molecule has 1 aromatic heterocycles. The summed E-state index contributed by atoms with van der Waals surface area (Å²) in [6.07, 6.45) is -3.10. The van der Waals surface area contributed by atoms with E-state index in [-0.39, 0.29) is 6.42 Å². The van der Waals surface area contributed by atoms with Gasteiger partial charge in [-0.05, 0) is 18.6 Å². The molecule has 0 amide bonds. The Kier molecular flexibility index (Phi) is 3.10. The van der Waals surface area contributed by atoms with Gasteiger partial charge in [0, 0.05) is 18.3 Å². The third-order valence-electron chi connectivity index (χ3n) is 1.82. The smallest absolute Gasteiger partial charge is 0.320 e. The molecule has 1 rings (SSSR count). The van der Waals surface area contributed by atoms with E-state index >= 15 is 0 Å². The highest BCUT2D eigenvalue weighted by Gasteiger charge is 2.36. The molecule has 14 heavy (non-hydrogen) atoms. The number of nitrogens with zero attached hydrogens (tertiary/aromatic N) is 1. The van der Waals surface area contributed by atoms with Crippen molar-refractivity contribution in [1.29, 1.82) is 0 Å². The lowest BCUT2D eigenvalue weighted by molar-refractivity contribution is -0.147. The Morgan fingerprint density at radius 3 is 2.50 bits per heavy atom. The first-order valence-electron chi connectivity index (χ1n) is 4.13. The van der Waals surface area contributed by atoms with Gasteiger partial charge in [-0.2, -0.15) is 13.2 Å². The number of alkyl halides is 3. The van der Waals surface area contributed by atoms with Gasteiger partial charge in [-0.25, -0.2) is 0 Å². The number of aromatic nitrogens is 1. The topological polar surface area (TPSA) is 38.9 Å². The highest BCUT2D eigenvalue weighted by molar-refractivity contribution is 5.13. The van der Waals surface area contributed by atoms with Crippen LogP contribution in [-0.4, -0.2) is 17.2 Å². The zero-order valence-electron chi connectivity index (χ0n) is 7.67. The van der Waals surface area contributed by atoms with Crippen LogP contribution in [0.4, 0.5) is 13.2 Å². The summed E-state index contributed by atoms with van der Waals surface area (Å²) in [5.74, 6) is 0. The van der Waals surface area contributed by atoms with E-state index in [4.69, 9.17) is 5.73 Å². The summed E-state index contributed by atoms with van der Waals surface area (Å²) in [6.45, 7) is 1.82. The zero-order valence-corrected chi connectivity index (χ0v) is 7.67. The minimum Gasteiger partial charge on any atom is -0.320 e. The second-order valence-electron chi connectivity index (χ2n) is 3.18. The molecule has 0 spiro atoms. The number of nitrogens with two attached hydrogens (primary N) is 1. The molecule has 0 aliphatic rings. The maximum Gasteiger partial charge on any atom is 0.404 e. The van der Waals surface area contributed by atoms with E-state index in [1.807, 2.05) is 6.92 Å². The van der Waals surface area contributed by atoms with Crippen LogP contribution in [-0.2, 0) is 6.42 Å². The summed E-state index contributed by atoms with van der Waals surface area (Å²) >= 11 is 0. The largest absolute Gasteiger partial charge is 0.404 e. The van der Waals surface area contributed by atoms with E-state index in [0.717, 1.165) is 5.56 Å². The van der Waals surface area contributed by atoms with Gasteiger partial charge in [-0.3, -0.25) is 4.98 Å². The van der Waals surface area contributed by atoms with Crippen molar-refractivity contribution in [3.63, 3.8) is 0 Å². The van der Waals surface area contributed by atoms with Crippen molar-refractivity contribution >= 4 is 0 Å². The van der Waals surface area contributed by atoms with Gasteiger partial charge < -0.3 is 5.73 Å². The summed E-state index contributed by atoms with van der Waals surface area (Å²) < 4.78 is 36.2. The Morgan fingerprint density at radius 2 is 2.07 bits per heavy atom. The molecule has 2 N–H and O–H groups in total. The monoisotopic (exact) mass is 204 g/mol. The van der Waals surface area contributed by atoms with Crippen LogP contribution in [0.15, 0.2) is 18.3 Å². The second-order valence-corrected chi connectivity index (χ2v) is 3.18. The summed E-state index contributed by atoms with van der Waals surface area (Å²) in [5.41, 5.74) is 6.23. The molecule has 0 bridgehead atoms. The highest BCUT2D eigenvalue weighted by Crippen LogP contribution is 2.20. The van der Waals surface area contributed by atoms with Gasteiger partial charge in [0.25, 0.3) is 0 Å². The first-order valence-corrected chi connectivity index (χ1v) is 4.13. The fraction of sp³-hybridized carbons (Fsp3) is 0.444. The molecule has 2 nitrogen and oxygen atoms in total. The van der Waals surface area contributed by atoms with Gasteiger partial charge in [-0.1, -0.05) is 6.07 Å². The van der Waals surface area contributed by atoms with Crippen LogP contribution in [0.25, 0.3) is 0 Å². The highest BCUT2D eigenvalue weighted by atomic mass is 19.4. The minimum atomic E-state index is -4.35. The van der Waals surface area contributed by atoms with E-state index in [1.54, 1.807) is 12.1 Å². The number of halogens is 3. The van der Waals surface area contributed by atoms with E-state index in [9.17, 15) is 13.2 Å². The molecule has 1 atom stereocenters. The van der Waals surface area contributed by atoms with Crippen molar-refractivity contribution in [3.05, 3.63) is 29.6 Å². The minimum absolute atomic E-state index is 0.274. The fourth-order valence-corrected chi connectivity index (χ4v) is 0.960. The molecule has 0 saturated heterocycles. The molecule has 0 fully saturated rings. The number of rotatable bonds is 2. The SMILES string of the molecule is Cc1ccc(CC(N)C(F)(F)F)nc1. The number of hydrogen-bond acceptors (Lipinski definition) is 2. The van der Waals surface area contributed by atoms with Gasteiger partial charge in [0.1, 0.15) is 6.04 Å². The summed E-state index contributed by atoms with van der Waals surface area (Å²) in [7, 11) is 0. The first-order chi connectivity index (χ1) is 6.39. The van der Waals surface area contributed by atoms with Crippen molar-refractivity contribution in [2.75, 3.05) is 0 Å². The van der Waals surface area contributed by atoms with Crippen LogP contribution in [0.1, 0.15) is 11.3 Å². The van der Waals surface area contributed by atoms with Crippen molar-refractivity contribution in [3.8, 4) is 0 Å². The van der Waals surface area contributed by atoms with Crippen LogP contribution >= 0.6 is 0 Å². The molecule has 0 aromatic carbocycles. The van der Waals surface area contributed by atoms with Crippen molar-refractivity contribution in [1.82, 2.24) is 4.98 Å². The first kappa shape index (κ1) is 11.0. The average Bonchev–Trinajstić information content (AvgIpc) is 2.07. The van der Waals surface area contributed by atoms with E-state index in [0.29, 0.717) is 5.69 Å². The quantitative estimate of drug-likeness (QED) is 0.798. The second kappa shape index (κ2) is 3.96. The molecule has 5 heteroatoms. The standard InChI is InChI=1S/C9H11F3N2/c1-6-2-3-7(14-5-6)4-8(13)9(10,11)12/h2-3,5,8H,4,13H2,1H3. The van der Waals surface area contributed by atoms with Gasteiger partial charge >= 0.3 is 6.18 Å². The third-order valence-corrected chi connectivity index (χ3v) is 1.82. The molecule has 1 aromatic rings. The summed E-state index contributed by atoms with van der Waals surface area (Å²) in [4.78, 5) is 3.85. The van der Waals surface area contributed by atoms with Gasteiger partial charge in [0.15, 0.2) is 0 Å². The number of aryl methyl sites for hydroxylation is 1. The molecule has 1 unspecified atom stereocenters. The molecular formula is C9H11F3N2. The lowest BCUT2D eigenvalue weighted by Gasteiger charge is -2.14. The summed E-state index contributed by atoms with van der Waals surface area (Å²) in [6, 6.07) is 1.43. The fourth-order valence-electron chi connectivity index (χ4n) is 0.960. The maximum atomic E-state index is 12.1. The Labute approximate surface area is 79.9 Å². The van der Waals surface area contributed by atoms with Crippen LogP contribution in [0, 0.1) is 6.92 Å². The Balaban J connectivity index is 2.65. The molecule has 1 heterocycles. The van der Waals surface area contributed by atoms with E-state index in [2.05, 4.69) is 4.98 Å². The van der Waals surface area contributed by atoms with Crippen LogP contribution < -0.4 is 5.73 Å². The molecule has 0 aliphatic heterocycles. The Morgan fingerprint density at radius 1 is 1.43 bits per heavy atom. The van der Waals surface area contributed by atoms with Gasteiger partial charge in [-0.15, -0.1) is 0 Å². The lowest BCUT2D eigenvalue weighted by Crippen LogP contribution is -2.39. The molecular weight excluding hydrogens is 193 g/mol. The van der Waals surface area contributed by atoms with E-state index in [1.165, 1.54) is 6.20 Å². The van der Waals surface area contributed by atoms with Crippen molar-refractivity contribution in [2.45, 2.75) is 25.6 Å². The normalized spacial score (nSPS) is 14.1. The van der Waals surface area contributed by atoms with E-state index < -0.39 is 12.2 Å². The van der Waals surface area contributed by atoms with Crippen molar-refractivity contribution < 1.29 is 13.2 Å². The van der Waals surface area contributed by atoms with Crippen molar-refractivity contribution in [2.24, 2.45) is 5.73 Å². The number of hydrogen-bond donors (Lipinski definition) is 1. The third kappa shape index (κ3) is 2.99. The Hall–Kier alpha value is -1.10. The van der Waals surface area contributed by atoms with Crippen LogP contribution in [0.2, 0.25) is 0 Å². The number of pyridine rings is 1. The van der Waals surface area contributed by atoms with Crippen LogP contribution in [0.5, 0.6) is 0 Å². The predicted octanol–water partition coefficient (Wildman–Crippen LogP) is 1.82. The molecule has 0 aliphatic carbocycles. The average molecular weight is 204 g/mol. The van der Waals surface area contributed by atoms with Crippen LogP contribution in [0.3, 0.4) is 0 Å². The van der Waals surface area contributed by atoms with Gasteiger partial charge in [0.05, 0.1) is 0 Å². The Bertz CT molecular complexity index is 292. The molecule has 78 valence electrons.